The molecule has 52 heavy (non-hydrogen) atoms. The number of hydrogen-bond donors (Lipinski definition) is 2. The van der Waals surface area contributed by atoms with Crippen LogP contribution < -0.4 is 0 Å². The maximum Gasteiger partial charge on any atom is 0.230 e. The normalized spacial score (nSPS) is 18.2. The predicted molar refractivity (Wildman–Crippen MR) is 227 cm³/mol. The number of nitrogens with zero attached hydrogens (tertiary/aromatic N) is 2. The van der Waals surface area contributed by atoms with Crippen LogP contribution in [0.4, 0.5) is 0 Å². The van der Waals surface area contributed by atoms with Gasteiger partial charge in [0.15, 0.2) is 0 Å². The summed E-state index contributed by atoms with van der Waals surface area (Å²) in [7, 11) is 0. The molecule has 0 aromatic heterocycles. The molecule has 284 valence electrons. The third-order valence-corrected chi connectivity index (χ3v) is 11.2. The Hall–Kier alpha value is -2.67. The second-order valence-corrected chi connectivity index (χ2v) is 16.2. The highest BCUT2D eigenvalue weighted by Gasteiger charge is 2.34. The van der Waals surface area contributed by atoms with Crippen molar-refractivity contribution in [2.75, 3.05) is 11.5 Å². The van der Waals surface area contributed by atoms with Crippen LogP contribution in [0, 0.1) is 0 Å². The van der Waals surface area contributed by atoms with Crippen molar-refractivity contribution in [2.24, 2.45) is 0 Å². The average molecular weight is 785 g/mol. The van der Waals surface area contributed by atoms with E-state index >= 15 is 0 Å². The number of Topliss-reactive ketones (excluding diaryl/α,β-unsaturated/α-hetero) is 1. The first-order valence-electron chi connectivity index (χ1n) is 18.1. The lowest BCUT2D eigenvalue weighted by Gasteiger charge is -2.24. The molecule has 2 aliphatic heterocycles. The SMILES string of the molecule is CC(=O)N1C(=S)SC[C@H]1Cc1ccccc1.CCC/C=C\C[C@@H](O)CC(=O)N1C(=S)SC[C@H]1Cc1ccccc1.CCC/C=C\C[C@@H](O)CC(C)=O. The molecule has 2 amide bonds. The van der Waals surface area contributed by atoms with Gasteiger partial charge in [-0.05, 0) is 56.6 Å². The molecular formula is C41H56N2O5S4. The van der Waals surface area contributed by atoms with Crippen LogP contribution in [0.3, 0.4) is 0 Å². The number of thiocarbonyl (C=S) groups is 2. The van der Waals surface area contributed by atoms with Crippen LogP contribution in [0.2, 0.25) is 0 Å². The van der Waals surface area contributed by atoms with E-state index in [1.807, 2.05) is 54.6 Å². The maximum atomic E-state index is 12.6. The van der Waals surface area contributed by atoms with Gasteiger partial charge in [-0.3, -0.25) is 24.2 Å². The summed E-state index contributed by atoms with van der Waals surface area (Å²) in [6.07, 6.45) is 14.3. The van der Waals surface area contributed by atoms with Crippen LogP contribution in [0.25, 0.3) is 0 Å². The summed E-state index contributed by atoms with van der Waals surface area (Å²) in [5, 5.41) is 19.3. The first-order chi connectivity index (χ1) is 25.0. The van der Waals surface area contributed by atoms with Gasteiger partial charge in [0.25, 0.3) is 0 Å². The molecule has 2 aromatic carbocycles. The second kappa shape index (κ2) is 26.2. The van der Waals surface area contributed by atoms with Crippen molar-refractivity contribution in [3.8, 4) is 0 Å². The second-order valence-electron chi connectivity index (χ2n) is 12.9. The Balaban J connectivity index is 0.000000290. The van der Waals surface area contributed by atoms with Gasteiger partial charge in [-0.2, -0.15) is 0 Å². The molecule has 0 saturated carbocycles. The number of allylic oxidation sites excluding steroid dienone is 2. The number of unbranched alkanes of at least 4 members (excludes halogenated alkanes) is 2. The fourth-order valence-electron chi connectivity index (χ4n) is 5.56. The number of thioether (sulfide) groups is 2. The molecule has 0 spiro atoms. The summed E-state index contributed by atoms with van der Waals surface area (Å²) in [5.74, 6) is 1.77. The molecule has 7 nitrogen and oxygen atoms in total. The van der Waals surface area contributed by atoms with E-state index in [2.05, 4.69) is 44.2 Å². The van der Waals surface area contributed by atoms with Gasteiger partial charge in [0.1, 0.15) is 14.4 Å². The Morgan fingerprint density at radius 2 is 1.13 bits per heavy atom. The highest BCUT2D eigenvalue weighted by atomic mass is 32.2. The van der Waals surface area contributed by atoms with Crippen molar-refractivity contribution in [1.29, 1.82) is 0 Å². The van der Waals surface area contributed by atoms with E-state index in [1.165, 1.54) is 18.1 Å². The third-order valence-electron chi connectivity index (χ3n) is 8.15. The third kappa shape index (κ3) is 17.9. The Bertz CT molecular complexity index is 1450. The van der Waals surface area contributed by atoms with Crippen molar-refractivity contribution in [3.63, 3.8) is 0 Å². The van der Waals surface area contributed by atoms with Crippen molar-refractivity contribution in [2.45, 2.75) is 116 Å². The number of ketones is 1. The molecule has 2 aliphatic rings. The van der Waals surface area contributed by atoms with E-state index in [-0.39, 0.29) is 42.5 Å². The summed E-state index contributed by atoms with van der Waals surface area (Å²) in [5.41, 5.74) is 2.46. The lowest BCUT2D eigenvalue weighted by Crippen LogP contribution is -2.41. The fraction of sp³-hybridized carbons (Fsp3) is 0.488. The molecule has 11 heteroatoms. The molecule has 4 rings (SSSR count). The van der Waals surface area contributed by atoms with Crippen LogP contribution in [0.5, 0.6) is 0 Å². The smallest absolute Gasteiger partial charge is 0.230 e. The van der Waals surface area contributed by atoms with E-state index in [0.717, 1.165) is 50.0 Å². The molecule has 2 saturated heterocycles. The number of benzene rings is 2. The van der Waals surface area contributed by atoms with Crippen molar-refractivity contribution >= 4 is 74.2 Å². The molecule has 2 fully saturated rings. The summed E-state index contributed by atoms with van der Waals surface area (Å²) >= 11 is 13.7. The van der Waals surface area contributed by atoms with Crippen LogP contribution in [0.1, 0.15) is 90.2 Å². The van der Waals surface area contributed by atoms with Crippen LogP contribution in [-0.4, -0.2) is 82.0 Å². The van der Waals surface area contributed by atoms with E-state index in [9.17, 15) is 24.6 Å². The van der Waals surface area contributed by atoms with E-state index in [1.54, 1.807) is 40.2 Å². The molecule has 2 N–H and O–H groups in total. The van der Waals surface area contributed by atoms with E-state index < -0.39 is 12.2 Å². The fourth-order valence-corrected chi connectivity index (χ4v) is 8.51. The van der Waals surface area contributed by atoms with E-state index in [0.29, 0.717) is 21.5 Å². The van der Waals surface area contributed by atoms with Crippen LogP contribution >= 0.6 is 48.0 Å². The van der Waals surface area contributed by atoms with E-state index in [4.69, 9.17) is 24.4 Å². The number of carbonyl (C=O) groups excluding carboxylic acids is 3. The zero-order chi connectivity index (χ0) is 38.3. The topological polar surface area (TPSA) is 98.2 Å². The summed E-state index contributed by atoms with van der Waals surface area (Å²) in [6.45, 7) is 7.30. The average Bonchev–Trinajstić information content (AvgIpc) is 3.67. The number of aliphatic hydroxyl groups excluding tert-OH is 2. The van der Waals surface area contributed by atoms with Gasteiger partial charge in [-0.15, -0.1) is 0 Å². The highest BCUT2D eigenvalue weighted by Crippen LogP contribution is 2.28. The number of aliphatic hydroxyl groups is 2. The highest BCUT2D eigenvalue weighted by molar-refractivity contribution is 8.23. The largest absolute Gasteiger partial charge is 0.392 e. The van der Waals surface area contributed by atoms with Gasteiger partial charge >= 0.3 is 0 Å². The Labute approximate surface area is 330 Å². The standard InChI is InChI=1S/C19H25NO2S2.C12H13NOS2.C10H18O2/c1-2-3-4-8-11-17(21)13-18(22)20-16(14-24-19(20)23)12-15-9-6-5-7-10-15;1-9(14)13-11(8-16-12(13)15)7-10-5-3-2-4-6-10;1-3-4-5-6-7-10(12)8-9(2)11/h4-10,16-17,21H,2-3,11-14H2,1H3;2-6,11H,7-8H2,1H3;5-6,10,12H,3-4,7-8H2,1-2H3/b8-4-;;6-5-/t16-,17-;11-;10-/m111/s1. The zero-order valence-electron chi connectivity index (χ0n) is 31.0. The molecule has 2 heterocycles. The van der Waals surface area contributed by atoms with Gasteiger partial charge in [-0.1, -0.05) is 160 Å². The number of hydrogen-bond acceptors (Lipinski definition) is 9. The number of rotatable bonds is 16. The summed E-state index contributed by atoms with van der Waals surface area (Å²) in [4.78, 5) is 38.1. The van der Waals surface area contributed by atoms with Crippen molar-refractivity contribution < 1.29 is 24.6 Å². The van der Waals surface area contributed by atoms with Gasteiger partial charge in [-0.25, -0.2) is 0 Å². The maximum absolute atomic E-state index is 12.6. The Kier molecular flexibility index (Phi) is 22.9. The molecule has 0 radical (unpaired) electrons. The minimum Gasteiger partial charge on any atom is -0.392 e. The van der Waals surface area contributed by atoms with Gasteiger partial charge < -0.3 is 10.2 Å². The molecular weight excluding hydrogens is 729 g/mol. The molecule has 0 bridgehead atoms. The number of carbonyl (C=O) groups is 3. The minimum atomic E-state index is -0.642. The molecule has 0 unspecified atom stereocenters. The van der Waals surface area contributed by atoms with Gasteiger partial charge in [0.2, 0.25) is 11.8 Å². The lowest BCUT2D eigenvalue weighted by molar-refractivity contribution is -0.130. The summed E-state index contributed by atoms with van der Waals surface area (Å²) in [6, 6.07) is 20.7. The van der Waals surface area contributed by atoms with Crippen molar-refractivity contribution in [1.82, 2.24) is 9.80 Å². The predicted octanol–water partition coefficient (Wildman–Crippen LogP) is 8.51. The van der Waals surface area contributed by atoms with Crippen LogP contribution in [-0.2, 0) is 27.2 Å². The Morgan fingerprint density at radius 3 is 1.56 bits per heavy atom. The zero-order valence-corrected chi connectivity index (χ0v) is 34.3. The lowest BCUT2D eigenvalue weighted by atomic mass is 10.1. The Morgan fingerprint density at radius 1 is 0.712 bits per heavy atom. The minimum absolute atomic E-state index is 0.0476. The van der Waals surface area contributed by atoms with Gasteiger partial charge in [0, 0.05) is 24.9 Å². The first kappa shape index (κ1) is 45.5. The monoisotopic (exact) mass is 784 g/mol. The van der Waals surface area contributed by atoms with Gasteiger partial charge in [0.05, 0.1) is 30.7 Å². The summed E-state index contributed by atoms with van der Waals surface area (Å²) < 4.78 is 1.35. The van der Waals surface area contributed by atoms with Crippen molar-refractivity contribution in [3.05, 3.63) is 96.1 Å². The molecule has 4 atom stereocenters. The molecule has 0 aliphatic carbocycles. The number of amides is 2. The molecule has 2 aromatic rings. The van der Waals surface area contributed by atoms with Crippen LogP contribution in [0.15, 0.2) is 85.0 Å². The first-order valence-corrected chi connectivity index (χ1v) is 20.9. The quantitative estimate of drug-likeness (QED) is 0.128.